The number of aliphatic imine (C=N–C) groups is 1. The highest BCUT2D eigenvalue weighted by Gasteiger charge is 2.18. The molecule has 1 saturated carbocycles. The maximum atomic E-state index is 12.1. The van der Waals surface area contributed by atoms with Crippen LogP contribution in [0.3, 0.4) is 0 Å². The maximum absolute atomic E-state index is 12.1. The molecule has 0 saturated heterocycles. The summed E-state index contributed by atoms with van der Waals surface area (Å²) in [5.41, 5.74) is 0.625. The van der Waals surface area contributed by atoms with Crippen LogP contribution in [0.2, 0.25) is 0 Å². The second-order valence-corrected chi connectivity index (χ2v) is 6.58. The van der Waals surface area contributed by atoms with Crippen molar-refractivity contribution in [3.05, 3.63) is 29.8 Å². The molecule has 6 heteroatoms. The monoisotopic (exact) mass is 346 g/mol. The van der Waals surface area contributed by atoms with E-state index in [2.05, 4.69) is 27.9 Å². The van der Waals surface area contributed by atoms with Crippen molar-refractivity contribution >= 4 is 11.9 Å². The number of guanidine groups is 1. The predicted molar refractivity (Wildman–Crippen MR) is 101 cm³/mol. The van der Waals surface area contributed by atoms with Gasteiger partial charge >= 0.3 is 0 Å². The van der Waals surface area contributed by atoms with Crippen LogP contribution < -0.4 is 20.7 Å². The fourth-order valence-corrected chi connectivity index (χ4v) is 2.99. The Morgan fingerprint density at radius 2 is 1.76 bits per heavy atom. The summed E-state index contributed by atoms with van der Waals surface area (Å²) in [6, 6.07) is 7.57. The second-order valence-electron chi connectivity index (χ2n) is 6.58. The maximum Gasteiger partial charge on any atom is 0.251 e. The van der Waals surface area contributed by atoms with Crippen molar-refractivity contribution in [1.29, 1.82) is 0 Å². The van der Waals surface area contributed by atoms with Gasteiger partial charge in [-0.25, -0.2) is 0 Å². The Labute approximate surface area is 150 Å². The Kier molecular flexibility index (Phi) is 7.57. The van der Waals surface area contributed by atoms with Gasteiger partial charge in [-0.2, -0.15) is 0 Å². The summed E-state index contributed by atoms with van der Waals surface area (Å²) in [4.78, 5) is 16.3. The summed E-state index contributed by atoms with van der Waals surface area (Å²) in [6.07, 6.45) is 4.92. The molecule has 6 nitrogen and oxygen atoms in total. The van der Waals surface area contributed by atoms with Gasteiger partial charge in [-0.1, -0.05) is 6.92 Å². The number of nitrogens with one attached hydrogen (secondary N) is 3. The third-order valence-electron chi connectivity index (χ3n) is 4.64. The molecule has 1 aliphatic rings. The zero-order valence-electron chi connectivity index (χ0n) is 15.5. The number of nitrogens with zero attached hydrogens (tertiary/aromatic N) is 1. The van der Waals surface area contributed by atoms with Crippen molar-refractivity contribution < 1.29 is 9.53 Å². The third kappa shape index (κ3) is 6.29. The molecule has 0 aliphatic heterocycles. The molecule has 1 aliphatic carbocycles. The van der Waals surface area contributed by atoms with Crippen LogP contribution in [-0.4, -0.2) is 45.2 Å². The molecule has 138 valence electrons. The van der Waals surface area contributed by atoms with E-state index in [1.807, 2.05) is 0 Å². The zero-order valence-corrected chi connectivity index (χ0v) is 15.5. The molecule has 0 unspecified atom stereocenters. The molecule has 0 spiro atoms. The first-order valence-electron chi connectivity index (χ1n) is 9.01. The molecule has 0 heterocycles. The van der Waals surface area contributed by atoms with Crippen LogP contribution in [0, 0.1) is 5.92 Å². The van der Waals surface area contributed by atoms with Crippen LogP contribution >= 0.6 is 0 Å². The van der Waals surface area contributed by atoms with E-state index in [-0.39, 0.29) is 5.91 Å². The van der Waals surface area contributed by atoms with E-state index in [0.29, 0.717) is 24.7 Å². The van der Waals surface area contributed by atoms with E-state index < -0.39 is 0 Å². The molecule has 2 rings (SSSR count). The Morgan fingerprint density at radius 3 is 2.36 bits per heavy atom. The number of hydrogen-bond acceptors (Lipinski definition) is 3. The van der Waals surface area contributed by atoms with Crippen LogP contribution in [0.15, 0.2) is 29.3 Å². The Morgan fingerprint density at radius 1 is 1.12 bits per heavy atom. The third-order valence-corrected chi connectivity index (χ3v) is 4.64. The number of benzene rings is 1. The lowest BCUT2D eigenvalue weighted by atomic mass is 9.87. The quantitative estimate of drug-likeness (QED) is 0.419. The summed E-state index contributed by atoms with van der Waals surface area (Å²) >= 11 is 0. The van der Waals surface area contributed by atoms with E-state index in [1.54, 1.807) is 38.4 Å². The SMILES string of the molecule is CN=C(NCCNC(=O)c1ccc(OC)cc1)NC1CCC(C)CC1. The summed E-state index contributed by atoms with van der Waals surface area (Å²) in [5.74, 6) is 2.29. The largest absolute Gasteiger partial charge is 0.497 e. The van der Waals surface area contributed by atoms with Gasteiger partial charge in [-0.3, -0.25) is 9.79 Å². The van der Waals surface area contributed by atoms with Crippen molar-refractivity contribution in [2.24, 2.45) is 10.9 Å². The number of carbonyl (C=O) groups excluding carboxylic acids is 1. The first kappa shape index (κ1) is 19.1. The van der Waals surface area contributed by atoms with Gasteiger partial charge < -0.3 is 20.7 Å². The highest BCUT2D eigenvalue weighted by Crippen LogP contribution is 2.23. The van der Waals surface area contributed by atoms with E-state index >= 15 is 0 Å². The van der Waals surface area contributed by atoms with Gasteiger partial charge in [-0.15, -0.1) is 0 Å². The molecule has 1 aromatic rings. The van der Waals surface area contributed by atoms with E-state index in [1.165, 1.54) is 25.7 Å². The molecule has 1 aromatic carbocycles. The summed E-state index contributed by atoms with van der Waals surface area (Å²) in [6.45, 7) is 3.48. The fraction of sp³-hybridized carbons (Fsp3) is 0.579. The number of ether oxygens (including phenoxy) is 1. The van der Waals surface area contributed by atoms with Gasteiger partial charge in [0.1, 0.15) is 5.75 Å². The first-order valence-corrected chi connectivity index (χ1v) is 9.01. The number of hydrogen-bond donors (Lipinski definition) is 3. The van der Waals surface area contributed by atoms with Gasteiger partial charge in [0, 0.05) is 31.7 Å². The van der Waals surface area contributed by atoms with Crippen LogP contribution in [0.25, 0.3) is 0 Å². The lowest BCUT2D eigenvalue weighted by Crippen LogP contribution is -2.46. The predicted octanol–water partition coefficient (Wildman–Crippen LogP) is 2.17. The van der Waals surface area contributed by atoms with Crippen molar-refractivity contribution in [3.63, 3.8) is 0 Å². The molecule has 25 heavy (non-hydrogen) atoms. The molecule has 0 aromatic heterocycles. The average molecular weight is 346 g/mol. The van der Waals surface area contributed by atoms with Gasteiger partial charge in [-0.05, 0) is 55.9 Å². The molecule has 1 amide bonds. The standard InChI is InChI=1S/C19H30N4O2/c1-14-4-8-16(9-5-14)23-19(20-2)22-13-12-21-18(24)15-6-10-17(25-3)11-7-15/h6-7,10-11,14,16H,4-5,8-9,12-13H2,1-3H3,(H,21,24)(H2,20,22,23). The van der Waals surface area contributed by atoms with Crippen molar-refractivity contribution in [2.75, 3.05) is 27.2 Å². The number of amides is 1. The van der Waals surface area contributed by atoms with Gasteiger partial charge in [0.05, 0.1) is 7.11 Å². The van der Waals surface area contributed by atoms with Crippen LogP contribution in [0.5, 0.6) is 5.75 Å². The number of methoxy groups -OCH3 is 1. The van der Waals surface area contributed by atoms with Crippen molar-refractivity contribution in [1.82, 2.24) is 16.0 Å². The van der Waals surface area contributed by atoms with Crippen molar-refractivity contribution in [3.8, 4) is 5.75 Å². The van der Waals surface area contributed by atoms with Crippen molar-refractivity contribution in [2.45, 2.75) is 38.6 Å². The van der Waals surface area contributed by atoms with Gasteiger partial charge in [0.25, 0.3) is 5.91 Å². The normalized spacial score (nSPS) is 20.7. The topological polar surface area (TPSA) is 74.8 Å². The zero-order chi connectivity index (χ0) is 18.1. The van der Waals surface area contributed by atoms with E-state index in [9.17, 15) is 4.79 Å². The Hall–Kier alpha value is -2.24. The second kappa shape index (κ2) is 9.91. The molecule has 1 fully saturated rings. The highest BCUT2D eigenvalue weighted by atomic mass is 16.5. The number of rotatable bonds is 6. The van der Waals surface area contributed by atoms with Gasteiger partial charge in [0.2, 0.25) is 0 Å². The lowest BCUT2D eigenvalue weighted by molar-refractivity contribution is 0.0954. The van der Waals surface area contributed by atoms with Crippen LogP contribution in [0.1, 0.15) is 43.0 Å². The van der Waals surface area contributed by atoms with Crippen LogP contribution in [-0.2, 0) is 0 Å². The molecule has 3 N–H and O–H groups in total. The molecular formula is C19H30N4O2. The van der Waals surface area contributed by atoms with Gasteiger partial charge in [0.15, 0.2) is 5.96 Å². The Balaban J connectivity index is 1.67. The van der Waals surface area contributed by atoms with Crippen LogP contribution in [0.4, 0.5) is 0 Å². The molecule has 0 atom stereocenters. The minimum absolute atomic E-state index is 0.0892. The Bertz CT molecular complexity index is 563. The summed E-state index contributed by atoms with van der Waals surface area (Å²) < 4.78 is 5.09. The molecule has 0 radical (unpaired) electrons. The van der Waals surface area contributed by atoms with E-state index in [0.717, 1.165) is 17.6 Å². The smallest absolute Gasteiger partial charge is 0.251 e. The molecule has 0 bridgehead atoms. The highest BCUT2D eigenvalue weighted by molar-refractivity contribution is 5.94. The fourth-order valence-electron chi connectivity index (χ4n) is 2.99. The average Bonchev–Trinajstić information content (AvgIpc) is 2.65. The van der Waals surface area contributed by atoms with E-state index in [4.69, 9.17) is 4.74 Å². The summed E-state index contributed by atoms with van der Waals surface area (Å²) in [5, 5.41) is 9.63. The minimum Gasteiger partial charge on any atom is -0.497 e. The lowest BCUT2D eigenvalue weighted by Gasteiger charge is -2.28. The number of carbonyl (C=O) groups is 1. The summed E-state index contributed by atoms with van der Waals surface area (Å²) in [7, 11) is 3.38. The first-order chi connectivity index (χ1) is 12.1. The molecular weight excluding hydrogens is 316 g/mol. The minimum atomic E-state index is -0.0892.